The molecule has 0 saturated carbocycles. The first-order valence-corrected chi connectivity index (χ1v) is 13.2. The zero-order chi connectivity index (χ0) is 29.1. The minimum Gasteiger partial charge on any atom is -0.483 e. The number of nitrogens with one attached hydrogen (secondary N) is 1. The lowest BCUT2D eigenvalue weighted by Gasteiger charge is -2.43. The zero-order valence-corrected chi connectivity index (χ0v) is 21.7. The maximum absolute atomic E-state index is 14.2. The van der Waals surface area contributed by atoms with Gasteiger partial charge in [-0.05, 0) is 24.8 Å². The van der Waals surface area contributed by atoms with E-state index in [0.717, 1.165) is 0 Å². The minimum atomic E-state index is -1.71. The molecule has 1 spiro atoms. The monoisotopic (exact) mass is 569 g/mol. The van der Waals surface area contributed by atoms with Crippen LogP contribution in [0.1, 0.15) is 63.0 Å². The van der Waals surface area contributed by atoms with Gasteiger partial charge in [-0.1, -0.05) is 30.3 Å². The molecule has 2 amide bonds. The number of carbonyl (C=O) groups excluding carboxylic acids is 2. The van der Waals surface area contributed by atoms with Crippen molar-refractivity contribution in [1.82, 2.24) is 14.8 Å². The number of aliphatic hydroxyl groups excluding tert-OH is 2. The lowest BCUT2D eigenvalue weighted by atomic mass is 9.86. The number of hydrogen-bond donors (Lipinski definition) is 3. The number of ether oxygens (including phenoxy) is 1. The largest absolute Gasteiger partial charge is 0.483 e. The van der Waals surface area contributed by atoms with Gasteiger partial charge in [0.05, 0.1) is 11.2 Å². The van der Waals surface area contributed by atoms with Crippen LogP contribution in [0.3, 0.4) is 0 Å². The number of carbonyl (C=O) groups is 2. The van der Waals surface area contributed by atoms with E-state index in [0.29, 0.717) is 43.5 Å². The summed E-state index contributed by atoms with van der Waals surface area (Å²) in [6.45, 7) is -0.435. The molecule has 0 radical (unpaired) electrons. The van der Waals surface area contributed by atoms with Crippen molar-refractivity contribution in [1.29, 1.82) is 0 Å². The maximum atomic E-state index is 14.2. The first-order chi connectivity index (χ1) is 19.6. The van der Waals surface area contributed by atoms with Crippen LogP contribution >= 0.6 is 0 Å². The van der Waals surface area contributed by atoms with Crippen LogP contribution in [0.15, 0.2) is 47.3 Å². The molecular weight excluding hydrogens is 543 g/mol. The predicted molar refractivity (Wildman–Crippen MR) is 138 cm³/mol. The molecule has 3 atom stereocenters. The summed E-state index contributed by atoms with van der Waals surface area (Å²) in [5, 5.41) is 24.8. The molecule has 3 unspecified atom stereocenters. The number of benzene rings is 2. The van der Waals surface area contributed by atoms with Crippen LogP contribution in [0.4, 0.5) is 13.2 Å². The summed E-state index contributed by atoms with van der Waals surface area (Å²) >= 11 is 0. The van der Waals surface area contributed by atoms with E-state index in [-0.39, 0.29) is 24.5 Å². The Morgan fingerprint density at radius 1 is 1.07 bits per heavy atom. The van der Waals surface area contributed by atoms with Crippen molar-refractivity contribution in [3.63, 3.8) is 0 Å². The Morgan fingerprint density at radius 3 is 2.49 bits per heavy atom. The third-order valence-electron chi connectivity index (χ3n) is 8.17. The van der Waals surface area contributed by atoms with Crippen LogP contribution in [0.25, 0.3) is 0 Å². The second-order valence-corrected chi connectivity index (χ2v) is 10.6. The predicted octanol–water partition coefficient (Wildman–Crippen LogP) is 2.52. The van der Waals surface area contributed by atoms with Crippen molar-refractivity contribution < 1.29 is 37.7 Å². The lowest BCUT2D eigenvalue weighted by molar-refractivity contribution is -0.0431. The molecule has 9 nitrogen and oxygen atoms in total. The Balaban J connectivity index is 1.50. The van der Waals surface area contributed by atoms with Gasteiger partial charge in [0.15, 0.2) is 11.4 Å². The second-order valence-electron chi connectivity index (χ2n) is 10.6. The summed E-state index contributed by atoms with van der Waals surface area (Å²) in [6, 6.07) is 9.73. The molecule has 4 heterocycles. The topological polar surface area (TPSA) is 121 Å². The number of pyridine rings is 1. The lowest BCUT2D eigenvalue weighted by Crippen LogP contribution is -2.57. The van der Waals surface area contributed by atoms with E-state index >= 15 is 0 Å². The molecule has 6 rings (SSSR count). The van der Waals surface area contributed by atoms with Gasteiger partial charge in [0.2, 0.25) is 5.43 Å². The number of amides is 2. The molecule has 1 saturated heterocycles. The van der Waals surface area contributed by atoms with E-state index in [1.807, 2.05) is 0 Å². The van der Waals surface area contributed by atoms with Gasteiger partial charge in [-0.15, -0.1) is 0 Å². The van der Waals surface area contributed by atoms with E-state index in [1.54, 1.807) is 30.3 Å². The number of rotatable bonds is 6. The molecule has 3 aromatic rings. The van der Waals surface area contributed by atoms with Gasteiger partial charge in [-0.25, -0.2) is 13.2 Å². The third-order valence-corrected chi connectivity index (χ3v) is 8.17. The Hall–Kier alpha value is -4.16. The van der Waals surface area contributed by atoms with Gasteiger partial charge in [0.1, 0.15) is 41.8 Å². The average Bonchev–Trinajstić information content (AvgIpc) is 3.07. The summed E-state index contributed by atoms with van der Waals surface area (Å²) < 4.78 is 49.2. The number of aromatic nitrogens is 1. The molecule has 1 fully saturated rings. The number of aliphatic hydroxyl groups is 2. The first kappa shape index (κ1) is 27.0. The van der Waals surface area contributed by atoms with Crippen molar-refractivity contribution >= 4 is 11.8 Å². The van der Waals surface area contributed by atoms with Crippen molar-refractivity contribution in [2.45, 2.75) is 50.2 Å². The summed E-state index contributed by atoms with van der Waals surface area (Å²) in [7, 11) is 0. The zero-order valence-electron chi connectivity index (χ0n) is 21.7. The van der Waals surface area contributed by atoms with Crippen molar-refractivity contribution in [3.05, 3.63) is 98.2 Å². The number of hydrogen-bond acceptors (Lipinski definition) is 6. The number of fused-ring (bicyclic) bond motifs is 1. The molecule has 0 aliphatic carbocycles. The van der Waals surface area contributed by atoms with E-state index < -0.39 is 75.9 Å². The van der Waals surface area contributed by atoms with Gasteiger partial charge in [-0.2, -0.15) is 0 Å². The van der Waals surface area contributed by atoms with Gasteiger partial charge in [0.25, 0.3) is 11.8 Å². The van der Waals surface area contributed by atoms with Crippen LogP contribution in [-0.2, 0) is 18.7 Å². The molecule has 3 aliphatic rings. The summed E-state index contributed by atoms with van der Waals surface area (Å²) in [5.74, 6) is -5.68. The quantitative estimate of drug-likeness (QED) is 0.420. The molecule has 214 valence electrons. The van der Waals surface area contributed by atoms with Crippen molar-refractivity contribution in [2.75, 3.05) is 13.1 Å². The van der Waals surface area contributed by atoms with E-state index in [9.17, 15) is 37.8 Å². The SMILES string of the molecule is O=C(NCc1c(F)cc(F)cc1F)c1c2n3c(c(OCc4ccccc4)c1=O)C(=O)N1CCCCC3(C1)C(O)C2O. The molecular formula is C29H26F3N3O6. The third kappa shape index (κ3) is 4.20. The average molecular weight is 570 g/mol. The van der Waals surface area contributed by atoms with Crippen LogP contribution < -0.4 is 15.5 Å². The van der Waals surface area contributed by atoms with E-state index in [4.69, 9.17) is 4.74 Å². The number of nitrogens with zero attached hydrogens (tertiary/aromatic N) is 2. The molecule has 2 bridgehead atoms. The van der Waals surface area contributed by atoms with Crippen LogP contribution in [0.5, 0.6) is 5.75 Å². The van der Waals surface area contributed by atoms with E-state index in [1.165, 1.54) is 9.47 Å². The molecule has 3 aliphatic heterocycles. The molecule has 3 N–H and O–H groups in total. The highest BCUT2D eigenvalue weighted by Crippen LogP contribution is 2.49. The maximum Gasteiger partial charge on any atom is 0.274 e. The Labute approximate surface area is 231 Å². The van der Waals surface area contributed by atoms with E-state index in [2.05, 4.69) is 5.32 Å². The first-order valence-electron chi connectivity index (χ1n) is 13.2. The minimum absolute atomic E-state index is 0.0537. The fourth-order valence-corrected chi connectivity index (χ4v) is 6.23. The highest BCUT2D eigenvalue weighted by molar-refractivity contribution is 6.01. The molecule has 1 aromatic heterocycles. The van der Waals surface area contributed by atoms with Crippen molar-refractivity contribution in [2.24, 2.45) is 0 Å². The highest BCUT2D eigenvalue weighted by atomic mass is 19.1. The Bertz CT molecular complexity index is 1610. The summed E-state index contributed by atoms with van der Waals surface area (Å²) in [5.41, 5.74) is -3.26. The Kier molecular flexibility index (Phi) is 6.62. The van der Waals surface area contributed by atoms with Crippen LogP contribution in [-0.4, -0.2) is 50.7 Å². The normalized spacial score (nSPS) is 22.8. The Morgan fingerprint density at radius 2 is 1.78 bits per heavy atom. The summed E-state index contributed by atoms with van der Waals surface area (Å²) in [6.07, 6.45) is -1.59. The fraction of sp³-hybridized carbons (Fsp3) is 0.345. The second kappa shape index (κ2) is 10.0. The number of halogens is 3. The fourth-order valence-electron chi connectivity index (χ4n) is 6.23. The van der Waals surface area contributed by atoms with Crippen LogP contribution in [0.2, 0.25) is 0 Å². The van der Waals surface area contributed by atoms with Crippen LogP contribution in [0, 0.1) is 17.5 Å². The van der Waals surface area contributed by atoms with Gasteiger partial charge < -0.3 is 29.7 Å². The molecule has 2 aromatic carbocycles. The van der Waals surface area contributed by atoms with Gasteiger partial charge in [0, 0.05) is 37.3 Å². The van der Waals surface area contributed by atoms with Gasteiger partial charge in [-0.3, -0.25) is 14.4 Å². The highest BCUT2D eigenvalue weighted by Gasteiger charge is 2.59. The smallest absolute Gasteiger partial charge is 0.274 e. The molecule has 41 heavy (non-hydrogen) atoms. The standard InChI is InChI=1S/C29H26F3N3O6/c30-16-10-18(31)17(19(32)11-16)12-33-27(39)20-21-24(37)26(38)29-8-4-5-9-34(14-29)28(40)22(35(21)29)25(23(20)36)41-13-15-6-2-1-3-7-15/h1-3,6-7,10-11,24,26,37-38H,4-5,8-9,12-14H2,(H,33,39). The molecule has 12 heteroatoms. The summed E-state index contributed by atoms with van der Waals surface area (Å²) in [4.78, 5) is 42.7. The van der Waals surface area contributed by atoms with Gasteiger partial charge >= 0.3 is 0 Å². The van der Waals surface area contributed by atoms with Crippen molar-refractivity contribution in [3.8, 4) is 5.75 Å².